The van der Waals surface area contributed by atoms with E-state index in [-0.39, 0.29) is 17.3 Å². The molecule has 1 atom stereocenters. The lowest BCUT2D eigenvalue weighted by molar-refractivity contribution is -0.129. The Labute approximate surface area is 151 Å². The maximum absolute atomic E-state index is 12.5. The molecule has 1 N–H and O–H groups in total. The van der Waals surface area contributed by atoms with Crippen LogP contribution in [0.1, 0.15) is 41.6 Å². The minimum Gasteiger partial charge on any atom is -0.437 e. The van der Waals surface area contributed by atoms with Crippen molar-refractivity contribution in [3.05, 3.63) is 45.2 Å². The number of oxazole rings is 1. The standard InChI is InChI=1S/C18H23N3O3S/c1-11-7-15(22)8-16(19-11)14-5-4-6-21(9-14)17(23)10-25-18-20-12(2)13(3)24-18/h7-8,14H,4-6,9-10H2,1-3H3,(H,19,22)/t14-/m0/s1. The zero-order chi connectivity index (χ0) is 18.0. The first-order valence-electron chi connectivity index (χ1n) is 8.48. The van der Waals surface area contributed by atoms with E-state index < -0.39 is 0 Å². The van der Waals surface area contributed by atoms with Gasteiger partial charge in [-0.15, -0.1) is 0 Å². The SMILES string of the molecule is Cc1cc(=O)cc([C@H]2CCCN(C(=O)CSc3nc(C)c(C)o3)C2)[nH]1. The van der Waals surface area contributed by atoms with Gasteiger partial charge in [0.1, 0.15) is 5.76 Å². The molecular weight excluding hydrogens is 338 g/mol. The number of carbonyl (C=O) groups excluding carboxylic acids is 1. The highest BCUT2D eigenvalue weighted by Gasteiger charge is 2.26. The largest absolute Gasteiger partial charge is 0.437 e. The lowest BCUT2D eigenvalue weighted by Crippen LogP contribution is -2.40. The molecule has 2 aromatic heterocycles. The summed E-state index contributed by atoms with van der Waals surface area (Å²) in [4.78, 5) is 33.7. The molecule has 3 heterocycles. The molecule has 25 heavy (non-hydrogen) atoms. The number of rotatable bonds is 4. The Morgan fingerprint density at radius 2 is 2.20 bits per heavy atom. The average molecular weight is 361 g/mol. The number of piperidine rings is 1. The van der Waals surface area contributed by atoms with Gasteiger partial charge in [0.2, 0.25) is 5.91 Å². The third-order valence-electron chi connectivity index (χ3n) is 4.54. The van der Waals surface area contributed by atoms with Crippen LogP contribution in [-0.2, 0) is 4.79 Å². The molecule has 3 rings (SSSR count). The summed E-state index contributed by atoms with van der Waals surface area (Å²) < 4.78 is 5.51. The number of likely N-dealkylation sites (tertiary alicyclic amines) is 1. The van der Waals surface area contributed by atoms with E-state index in [1.807, 2.05) is 25.7 Å². The second-order valence-corrected chi connectivity index (χ2v) is 7.47. The number of amides is 1. The van der Waals surface area contributed by atoms with Crippen molar-refractivity contribution in [2.24, 2.45) is 0 Å². The summed E-state index contributed by atoms with van der Waals surface area (Å²) in [6, 6.07) is 3.24. The molecule has 0 saturated carbocycles. The number of aromatic nitrogens is 2. The third-order valence-corrected chi connectivity index (χ3v) is 5.35. The summed E-state index contributed by atoms with van der Waals surface area (Å²) in [5.41, 5.74) is 2.65. The van der Waals surface area contributed by atoms with Crippen LogP contribution in [0.2, 0.25) is 0 Å². The highest BCUT2D eigenvalue weighted by Crippen LogP contribution is 2.26. The van der Waals surface area contributed by atoms with Crippen LogP contribution in [0.4, 0.5) is 0 Å². The molecule has 0 aromatic carbocycles. The van der Waals surface area contributed by atoms with Gasteiger partial charge >= 0.3 is 0 Å². The Kier molecular flexibility index (Phi) is 5.32. The summed E-state index contributed by atoms with van der Waals surface area (Å²) in [7, 11) is 0. The number of nitrogens with zero attached hydrogens (tertiary/aromatic N) is 2. The summed E-state index contributed by atoms with van der Waals surface area (Å²) in [6.45, 7) is 7.04. The molecule has 1 amide bonds. The molecule has 0 bridgehead atoms. The average Bonchev–Trinajstić information content (AvgIpc) is 2.90. The van der Waals surface area contributed by atoms with Crippen LogP contribution in [0.5, 0.6) is 0 Å². The number of nitrogens with one attached hydrogen (secondary N) is 1. The van der Waals surface area contributed by atoms with E-state index in [0.717, 1.165) is 42.2 Å². The zero-order valence-corrected chi connectivity index (χ0v) is 15.6. The van der Waals surface area contributed by atoms with Gasteiger partial charge in [0.15, 0.2) is 5.43 Å². The van der Waals surface area contributed by atoms with Crippen LogP contribution in [-0.4, -0.2) is 39.6 Å². The molecule has 1 aliphatic heterocycles. The normalized spacial score (nSPS) is 17.7. The molecular formula is C18H23N3O3S. The summed E-state index contributed by atoms with van der Waals surface area (Å²) in [5, 5.41) is 0.542. The highest BCUT2D eigenvalue weighted by molar-refractivity contribution is 7.99. The lowest BCUT2D eigenvalue weighted by atomic mass is 9.94. The minimum absolute atomic E-state index is 0.0138. The van der Waals surface area contributed by atoms with Crippen molar-refractivity contribution >= 4 is 17.7 Å². The first-order chi connectivity index (χ1) is 11.9. The number of hydrogen-bond donors (Lipinski definition) is 1. The second kappa shape index (κ2) is 7.47. The molecule has 0 spiro atoms. The molecule has 0 radical (unpaired) electrons. The van der Waals surface area contributed by atoms with Crippen molar-refractivity contribution in [3.8, 4) is 0 Å². The highest BCUT2D eigenvalue weighted by atomic mass is 32.2. The number of H-pyrrole nitrogens is 1. The molecule has 134 valence electrons. The monoisotopic (exact) mass is 361 g/mol. The molecule has 7 heteroatoms. The van der Waals surface area contributed by atoms with Crippen molar-refractivity contribution in [1.82, 2.24) is 14.9 Å². The third kappa shape index (κ3) is 4.34. The van der Waals surface area contributed by atoms with Gasteiger partial charge in [-0.3, -0.25) is 9.59 Å². The van der Waals surface area contributed by atoms with E-state index in [1.165, 1.54) is 11.8 Å². The lowest BCUT2D eigenvalue weighted by Gasteiger charge is -2.32. The van der Waals surface area contributed by atoms with Crippen molar-refractivity contribution in [2.75, 3.05) is 18.8 Å². The molecule has 1 fully saturated rings. The van der Waals surface area contributed by atoms with E-state index in [1.54, 1.807) is 12.1 Å². The Bertz CT molecular complexity index is 808. The summed E-state index contributed by atoms with van der Waals surface area (Å²) >= 11 is 1.33. The predicted molar refractivity (Wildman–Crippen MR) is 97.1 cm³/mol. The number of aryl methyl sites for hydroxylation is 3. The molecule has 6 nitrogen and oxygen atoms in total. The van der Waals surface area contributed by atoms with Gasteiger partial charge in [-0.1, -0.05) is 11.8 Å². The van der Waals surface area contributed by atoms with Crippen molar-refractivity contribution in [2.45, 2.75) is 44.8 Å². The van der Waals surface area contributed by atoms with E-state index in [2.05, 4.69) is 9.97 Å². The van der Waals surface area contributed by atoms with Crippen molar-refractivity contribution < 1.29 is 9.21 Å². The Balaban J connectivity index is 1.62. The van der Waals surface area contributed by atoms with E-state index in [9.17, 15) is 9.59 Å². The fourth-order valence-corrected chi connectivity index (χ4v) is 3.92. The van der Waals surface area contributed by atoms with Gasteiger partial charge in [-0.25, -0.2) is 4.98 Å². The first kappa shape index (κ1) is 17.8. The number of carbonyl (C=O) groups is 1. The number of aromatic amines is 1. The van der Waals surface area contributed by atoms with Gasteiger partial charge in [0.05, 0.1) is 11.4 Å². The maximum Gasteiger partial charge on any atom is 0.256 e. The summed E-state index contributed by atoms with van der Waals surface area (Å²) in [5.74, 6) is 1.37. The van der Waals surface area contributed by atoms with Gasteiger partial charge in [0.25, 0.3) is 5.22 Å². The van der Waals surface area contributed by atoms with E-state index >= 15 is 0 Å². The fourth-order valence-electron chi connectivity index (χ4n) is 3.11. The fraction of sp³-hybridized carbons (Fsp3) is 0.500. The zero-order valence-electron chi connectivity index (χ0n) is 14.8. The van der Waals surface area contributed by atoms with Crippen molar-refractivity contribution in [1.29, 1.82) is 0 Å². The van der Waals surface area contributed by atoms with Crippen LogP contribution in [0.15, 0.2) is 26.6 Å². The minimum atomic E-state index is 0.0138. The quantitative estimate of drug-likeness (QED) is 0.847. The van der Waals surface area contributed by atoms with Crippen LogP contribution in [0.3, 0.4) is 0 Å². The molecule has 1 saturated heterocycles. The van der Waals surface area contributed by atoms with Crippen LogP contribution >= 0.6 is 11.8 Å². The Morgan fingerprint density at radius 1 is 1.40 bits per heavy atom. The van der Waals surface area contributed by atoms with Gasteiger partial charge in [-0.2, -0.15) is 0 Å². The first-order valence-corrected chi connectivity index (χ1v) is 9.46. The van der Waals surface area contributed by atoms with E-state index in [4.69, 9.17) is 4.42 Å². The number of hydrogen-bond acceptors (Lipinski definition) is 5. The second-order valence-electron chi connectivity index (χ2n) is 6.54. The topological polar surface area (TPSA) is 79.2 Å². The van der Waals surface area contributed by atoms with Gasteiger partial charge in [0, 0.05) is 42.5 Å². The molecule has 2 aromatic rings. The van der Waals surface area contributed by atoms with Crippen molar-refractivity contribution in [3.63, 3.8) is 0 Å². The Morgan fingerprint density at radius 3 is 2.88 bits per heavy atom. The van der Waals surface area contributed by atoms with Crippen LogP contribution in [0, 0.1) is 20.8 Å². The van der Waals surface area contributed by atoms with Crippen LogP contribution < -0.4 is 5.43 Å². The Hall–Kier alpha value is -2.02. The number of thioether (sulfide) groups is 1. The van der Waals surface area contributed by atoms with Gasteiger partial charge in [-0.05, 0) is 33.6 Å². The predicted octanol–water partition coefficient (Wildman–Crippen LogP) is 2.79. The number of pyridine rings is 1. The van der Waals surface area contributed by atoms with Crippen LogP contribution in [0.25, 0.3) is 0 Å². The summed E-state index contributed by atoms with van der Waals surface area (Å²) in [6.07, 6.45) is 1.92. The molecule has 1 aliphatic rings. The molecule has 0 aliphatic carbocycles. The molecule has 0 unspecified atom stereocenters. The van der Waals surface area contributed by atoms with E-state index in [0.29, 0.717) is 17.5 Å². The maximum atomic E-state index is 12.5. The smallest absolute Gasteiger partial charge is 0.256 e. The van der Waals surface area contributed by atoms with Gasteiger partial charge < -0.3 is 14.3 Å².